The van der Waals surface area contributed by atoms with Gasteiger partial charge in [-0.3, -0.25) is 24.3 Å². The molecule has 0 saturated carbocycles. The number of imidazole rings is 1. The van der Waals surface area contributed by atoms with E-state index in [1.807, 2.05) is 16.0 Å². The Balaban J connectivity index is 1.80. The van der Waals surface area contributed by atoms with Gasteiger partial charge < -0.3 is 5.11 Å². The molecule has 0 aliphatic carbocycles. The number of aromatic nitrogens is 3. The first kappa shape index (κ1) is 18.7. The highest BCUT2D eigenvalue weighted by Gasteiger charge is 2.19. The number of carbonyl (C=O) groups is 1. The van der Waals surface area contributed by atoms with Crippen molar-refractivity contribution in [2.24, 2.45) is 0 Å². The number of fused-ring (bicyclic) bond motifs is 1. The van der Waals surface area contributed by atoms with Crippen LogP contribution in [0.1, 0.15) is 21.6 Å². The molecule has 0 atom stereocenters. The average Bonchev–Trinajstić information content (AvgIpc) is 3.33. The molecule has 3 heterocycles. The Hall–Kier alpha value is -3.69. The molecule has 144 valence electrons. The third-order valence-electron chi connectivity index (χ3n) is 4.38. The minimum atomic E-state index is -0.532. The third kappa shape index (κ3) is 3.56. The van der Waals surface area contributed by atoms with Gasteiger partial charge in [0.25, 0.3) is 5.69 Å². The van der Waals surface area contributed by atoms with E-state index in [1.54, 1.807) is 36.7 Å². The molecular formula is C20H14N4O4S. The van der Waals surface area contributed by atoms with E-state index in [-0.39, 0.29) is 17.0 Å². The first-order chi connectivity index (χ1) is 14.1. The molecule has 4 rings (SSSR count). The molecule has 3 aromatic heterocycles. The lowest BCUT2D eigenvalue weighted by molar-refractivity contribution is -0.385. The molecule has 0 amide bonds. The van der Waals surface area contributed by atoms with E-state index < -0.39 is 11.5 Å². The first-order valence-electron chi connectivity index (χ1n) is 8.55. The molecule has 8 nitrogen and oxygen atoms in total. The Kier molecular flexibility index (Phi) is 4.98. The van der Waals surface area contributed by atoms with Gasteiger partial charge in [-0.05, 0) is 30.4 Å². The van der Waals surface area contributed by atoms with Crippen molar-refractivity contribution in [2.75, 3.05) is 0 Å². The summed E-state index contributed by atoms with van der Waals surface area (Å²) in [5, 5.41) is 22.6. The number of benzene rings is 1. The highest BCUT2D eigenvalue weighted by Crippen LogP contribution is 2.31. The zero-order chi connectivity index (χ0) is 20.4. The molecule has 0 unspecified atom stereocenters. The summed E-state index contributed by atoms with van der Waals surface area (Å²) in [7, 11) is 0. The molecule has 0 spiro atoms. The maximum atomic E-state index is 12.4. The second-order valence-electron chi connectivity index (χ2n) is 6.09. The molecule has 0 bridgehead atoms. The van der Waals surface area contributed by atoms with Crippen LogP contribution in [0.4, 0.5) is 5.69 Å². The number of thiazole rings is 1. The number of carbonyl (C=O) groups excluding carboxylic acids is 1. The predicted molar refractivity (Wildman–Crippen MR) is 109 cm³/mol. The molecule has 0 aliphatic heterocycles. The van der Waals surface area contributed by atoms with Crippen molar-refractivity contribution in [2.45, 2.75) is 6.61 Å². The quantitative estimate of drug-likeness (QED) is 0.226. The number of nitrogens with zero attached hydrogens (tertiary/aromatic N) is 4. The van der Waals surface area contributed by atoms with Gasteiger partial charge in [0.15, 0.2) is 10.7 Å². The van der Waals surface area contributed by atoms with Gasteiger partial charge in [-0.1, -0.05) is 6.07 Å². The van der Waals surface area contributed by atoms with Crippen molar-refractivity contribution < 1.29 is 14.8 Å². The molecule has 0 aliphatic rings. The van der Waals surface area contributed by atoms with Crippen molar-refractivity contribution in [3.05, 3.63) is 87.3 Å². The van der Waals surface area contributed by atoms with Gasteiger partial charge in [0.1, 0.15) is 0 Å². The third-order valence-corrected chi connectivity index (χ3v) is 5.14. The second-order valence-corrected chi connectivity index (χ2v) is 6.97. The number of aliphatic hydroxyl groups excluding tert-OH is 1. The van der Waals surface area contributed by atoms with Crippen molar-refractivity contribution in [1.29, 1.82) is 0 Å². The lowest BCUT2D eigenvalue weighted by Gasteiger charge is -2.04. The van der Waals surface area contributed by atoms with Crippen molar-refractivity contribution in [3.63, 3.8) is 0 Å². The number of pyridine rings is 1. The van der Waals surface area contributed by atoms with Gasteiger partial charge in [-0.25, -0.2) is 4.98 Å². The maximum absolute atomic E-state index is 12.4. The fourth-order valence-electron chi connectivity index (χ4n) is 2.96. The zero-order valence-corrected chi connectivity index (χ0v) is 15.7. The van der Waals surface area contributed by atoms with Gasteiger partial charge in [0.2, 0.25) is 0 Å². The highest BCUT2D eigenvalue weighted by molar-refractivity contribution is 7.15. The predicted octanol–water partition coefficient (Wildman–Crippen LogP) is 3.75. The van der Waals surface area contributed by atoms with E-state index in [9.17, 15) is 20.0 Å². The summed E-state index contributed by atoms with van der Waals surface area (Å²) in [6, 6.07) is 7.83. The molecule has 29 heavy (non-hydrogen) atoms. The fourth-order valence-corrected chi connectivity index (χ4v) is 3.68. The molecule has 0 radical (unpaired) electrons. The van der Waals surface area contributed by atoms with Gasteiger partial charge in [-0.2, -0.15) is 0 Å². The number of aliphatic hydroxyl groups is 1. The minimum absolute atomic E-state index is 0.177. The largest absolute Gasteiger partial charge is 0.391 e. The summed E-state index contributed by atoms with van der Waals surface area (Å²) in [5.74, 6) is -0.190. The normalized spacial score (nSPS) is 11.3. The lowest BCUT2D eigenvalue weighted by Crippen LogP contribution is -1.97. The van der Waals surface area contributed by atoms with E-state index in [0.29, 0.717) is 27.5 Å². The number of allylic oxidation sites excluding steroid dienone is 1. The van der Waals surface area contributed by atoms with Crippen LogP contribution >= 0.6 is 11.3 Å². The molecule has 0 fully saturated rings. The van der Waals surface area contributed by atoms with Gasteiger partial charge >= 0.3 is 0 Å². The van der Waals surface area contributed by atoms with Crippen LogP contribution in [0.2, 0.25) is 0 Å². The summed E-state index contributed by atoms with van der Waals surface area (Å²) in [5.41, 5.74) is 2.24. The van der Waals surface area contributed by atoms with Crippen LogP contribution in [0.15, 0.2) is 60.4 Å². The smallest absolute Gasteiger partial charge is 0.275 e. The summed E-state index contributed by atoms with van der Waals surface area (Å²) >= 11 is 1.42. The minimum Gasteiger partial charge on any atom is -0.391 e. The van der Waals surface area contributed by atoms with Crippen LogP contribution in [0.25, 0.3) is 22.3 Å². The molecule has 4 aromatic rings. The number of nitro groups is 1. The number of ketones is 1. The Morgan fingerprint density at radius 2 is 2.07 bits per heavy atom. The summed E-state index contributed by atoms with van der Waals surface area (Å²) in [6.45, 7) is -0.429. The summed E-state index contributed by atoms with van der Waals surface area (Å²) in [4.78, 5) is 32.4. The van der Waals surface area contributed by atoms with E-state index in [0.717, 1.165) is 0 Å². The molecule has 9 heteroatoms. The van der Waals surface area contributed by atoms with Gasteiger partial charge in [0, 0.05) is 41.2 Å². The lowest BCUT2D eigenvalue weighted by atomic mass is 10.0. The van der Waals surface area contributed by atoms with Gasteiger partial charge in [0.05, 0.1) is 28.5 Å². The Labute approximate surface area is 168 Å². The molecular weight excluding hydrogens is 392 g/mol. The highest BCUT2D eigenvalue weighted by atomic mass is 32.1. The first-order valence-corrected chi connectivity index (χ1v) is 9.43. The van der Waals surface area contributed by atoms with Crippen LogP contribution in [0.3, 0.4) is 0 Å². The van der Waals surface area contributed by atoms with E-state index >= 15 is 0 Å². The van der Waals surface area contributed by atoms with Crippen molar-refractivity contribution in [1.82, 2.24) is 14.4 Å². The van der Waals surface area contributed by atoms with E-state index in [4.69, 9.17) is 0 Å². The van der Waals surface area contributed by atoms with E-state index in [2.05, 4.69) is 9.97 Å². The zero-order valence-electron chi connectivity index (χ0n) is 14.9. The number of rotatable bonds is 6. The average molecular weight is 406 g/mol. The van der Waals surface area contributed by atoms with Crippen LogP contribution in [0, 0.1) is 10.1 Å². The Bertz CT molecular complexity index is 1240. The number of hydrogen-bond acceptors (Lipinski definition) is 7. The standard InChI is InChI=1S/C20H14N4O4S/c25-12-15-2-1-14(11-17(15)24(27)28)19-16(23-9-10-29-20(23)22-19)3-4-18(26)13-5-7-21-8-6-13/h1-11,25H,12H2. The van der Waals surface area contributed by atoms with Crippen LogP contribution in [-0.4, -0.2) is 30.2 Å². The fraction of sp³-hybridized carbons (Fsp3) is 0.0500. The number of nitro benzene ring substituents is 1. The molecule has 1 N–H and O–H groups in total. The molecule has 1 aromatic carbocycles. The summed E-state index contributed by atoms with van der Waals surface area (Å²) in [6.07, 6.45) is 8.01. The summed E-state index contributed by atoms with van der Waals surface area (Å²) < 4.78 is 1.82. The monoisotopic (exact) mass is 406 g/mol. The molecule has 0 saturated heterocycles. The van der Waals surface area contributed by atoms with Crippen molar-refractivity contribution >= 4 is 33.8 Å². The number of hydrogen-bond donors (Lipinski definition) is 1. The van der Waals surface area contributed by atoms with E-state index in [1.165, 1.54) is 29.5 Å². The van der Waals surface area contributed by atoms with Gasteiger partial charge in [-0.15, -0.1) is 11.3 Å². The van der Waals surface area contributed by atoms with Crippen molar-refractivity contribution in [3.8, 4) is 11.3 Å². The van der Waals surface area contributed by atoms with Crippen LogP contribution in [-0.2, 0) is 6.61 Å². The topological polar surface area (TPSA) is 111 Å². The van der Waals surface area contributed by atoms with Crippen LogP contribution in [0.5, 0.6) is 0 Å². The SMILES string of the molecule is O=C(C=Cc1c(-c2ccc(CO)c([N+](=O)[O-])c2)nc2sccn12)c1ccncc1. The second kappa shape index (κ2) is 7.74. The Morgan fingerprint density at radius 3 is 2.79 bits per heavy atom. The maximum Gasteiger partial charge on any atom is 0.275 e. The van der Waals surface area contributed by atoms with Crippen LogP contribution < -0.4 is 0 Å². The Morgan fingerprint density at radius 1 is 1.28 bits per heavy atom.